The third-order valence-corrected chi connectivity index (χ3v) is 4.83. The minimum Gasteiger partial charge on any atom is -0.486 e. The molecule has 1 aromatic heterocycles. The van der Waals surface area contributed by atoms with Gasteiger partial charge >= 0.3 is 6.09 Å². The summed E-state index contributed by atoms with van der Waals surface area (Å²) in [4.78, 5) is 23.6. The molecule has 32 heavy (non-hydrogen) atoms. The number of rotatable bonds is 7. The van der Waals surface area contributed by atoms with Gasteiger partial charge in [0.15, 0.2) is 5.76 Å². The molecule has 0 aliphatic rings. The van der Waals surface area contributed by atoms with Crippen LogP contribution in [0.4, 0.5) is 10.5 Å². The molecule has 0 bridgehead atoms. The van der Waals surface area contributed by atoms with Crippen molar-refractivity contribution >= 4 is 28.5 Å². The minimum atomic E-state index is -0.538. The number of furan rings is 1. The van der Waals surface area contributed by atoms with Gasteiger partial charge in [0.05, 0.1) is 7.11 Å². The van der Waals surface area contributed by atoms with E-state index in [1.54, 1.807) is 36.4 Å². The van der Waals surface area contributed by atoms with E-state index in [1.807, 2.05) is 42.5 Å². The fourth-order valence-corrected chi connectivity index (χ4v) is 3.13. The second-order valence-corrected chi connectivity index (χ2v) is 7.06. The molecule has 7 heteroatoms. The molecular formula is C25H22N2O5. The number of carbonyl (C=O) groups is 2. The van der Waals surface area contributed by atoms with Gasteiger partial charge in [0.1, 0.15) is 18.1 Å². The topological polar surface area (TPSA) is 89.8 Å². The highest BCUT2D eigenvalue weighted by Gasteiger charge is 2.12. The molecule has 2 amide bonds. The van der Waals surface area contributed by atoms with E-state index >= 15 is 0 Å². The molecule has 0 unspecified atom stereocenters. The molecule has 0 atom stereocenters. The quantitative estimate of drug-likeness (QED) is 0.425. The average molecular weight is 430 g/mol. The maximum Gasteiger partial charge on any atom is 0.411 e. The van der Waals surface area contributed by atoms with E-state index in [0.717, 1.165) is 22.1 Å². The Bertz CT molecular complexity index is 1230. The molecule has 1 heterocycles. The van der Waals surface area contributed by atoms with Gasteiger partial charge in [-0.05, 0) is 52.7 Å². The van der Waals surface area contributed by atoms with Gasteiger partial charge in [0.25, 0.3) is 5.91 Å². The molecule has 0 aliphatic heterocycles. The molecule has 2 N–H and O–H groups in total. The van der Waals surface area contributed by atoms with Crippen LogP contribution >= 0.6 is 0 Å². The summed E-state index contributed by atoms with van der Waals surface area (Å²) in [5, 5.41) is 7.62. The molecule has 0 radical (unpaired) electrons. The van der Waals surface area contributed by atoms with Crippen LogP contribution in [0.2, 0.25) is 0 Å². The Labute approximate surface area is 184 Å². The van der Waals surface area contributed by atoms with Gasteiger partial charge in [0, 0.05) is 12.2 Å². The fraction of sp³-hybridized carbons (Fsp3) is 0.120. The Hall–Kier alpha value is -4.26. The Morgan fingerprint density at radius 1 is 0.906 bits per heavy atom. The largest absolute Gasteiger partial charge is 0.486 e. The highest BCUT2D eigenvalue weighted by Crippen LogP contribution is 2.22. The van der Waals surface area contributed by atoms with Crippen molar-refractivity contribution in [3.8, 4) is 5.75 Å². The first-order valence-electron chi connectivity index (χ1n) is 10.0. The zero-order valence-corrected chi connectivity index (χ0v) is 17.5. The van der Waals surface area contributed by atoms with Crippen molar-refractivity contribution in [2.45, 2.75) is 13.2 Å². The van der Waals surface area contributed by atoms with Gasteiger partial charge in [0.2, 0.25) is 0 Å². The smallest absolute Gasteiger partial charge is 0.411 e. The van der Waals surface area contributed by atoms with Crippen LogP contribution in [0.1, 0.15) is 21.9 Å². The van der Waals surface area contributed by atoms with Gasteiger partial charge in [-0.3, -0.25) is 10.1 Å². The molecule has 4 rings (SSSR count). The molecule has 162 valence electrons. The van der Waals surface area contributed by atoms with Crippen LogP contribution in [0.15, 0.2) is 83.3 Å². The van der Waals surface area contributed by atoms with Gasteiger partial charge in [-0.2, -0.15) is 0 Å². The maximum atomic E-state index is 12.4. The van der Waals surface area contributed by atoms with Crippen molar-refractivity contribution in [2.75, 3.05) is 12.4 Å². The zero-order chi connectivity index (χ0) is 22.3. The summed E-state index contributed by atoms with van der Waals surface area (Å²) >= 11 is 0. The van der Waals surface area contributed by atoms with Crippen molar-refractivity contribution < 1.29 is 23.5 Å². The predicted octanol–water partition coefficient (Wildman–Crippen LogP) is 5.12. The lowest BCUT2D eigenvalue weighted by atomic mass is 10.1. The number of anilines is 1. The van der Waals surface area contributed by atoms with Gasteiger partial charge < -0.3 is 19.2 Å². The van der Waals surface area contributed by atoms with Crippen LogP contribution in [0.25, 0.3) is 10.8 Å². The Balaban J connectivity index is 1.29. The second-order valence-electron chi connectivity index (χ2n) is 7.06. The molecule has 7 nitrogen and oxygen atoms in total. The monoisotopic (exact) mass is 430 g/mol. The highest BCUT2D eigenvalue weighted by atomic mass is 16.5. The summed E-state index contributed by atoms with van der Waals surface area (Å²) in [6, 6.07) is 24.3. The number of amides is 2. The number of nitrogens with one attached hydrogen (secondary N) is 2. The lowest BCUT2D eigenvalue weighted by Crippen LogP contribution is -2.22. The fourth-order valence-electron chi connectivity index (χ4n) is 3.13. The van der Waals surface area contributed by atoms with Crippen LogP contribution in [-0.4, -0.2) is 19.1 Å². The third kappa shape index (κ3) is 5.26. The van der Waals surface area contributed by atoms with E-state index in [0.29, 0.717) is 18.0 Å². The SMILES string of the molecule is COC(=O)Nc1ccc(CNC(=O)c2ccc(COc3ccc4ccccc4c3)o2)cc1. The predicted molar refractivity (Wildman–Crippen MR) is 121 cm³/mol. The standard InChI is InChI=1S/C25H22N2O5/c1-30-25(29)27-20-9-6-17(7-10-20)15-26-24(28)23-13-12-22(32-23)16-31-21-11-8-18-4-2-3-5-19(18)14-21/h2-14H,15-16H2,1H3,(H,26,28)(H,27,29). The number of hydrogen-bond donors (Lipinski definition) is 2. The molecule has 3 aromatic carbocycles. The minimum absolute atomic E-state index is 0.214. The Morgan fingerprint density at radius 3 is 2.47 bits per heavy atom. The van der Waals surface area contributed by atoms with Crippen LogP contribution in [0.3, 0.4) is 0 Å². The van der Waals surface area contributed by atoms with Crippen molar-refractivity contribution in [3.05, 3.63) is 95.9 Å². The van der Waals surface area contributed by atoms with Gasteiger partial charge in [-0.25, -0.2) is 4.79 Å². The van der Waals surface area contributed by atoms with Crippen LogP contribution in [-0.2, 0) is 17.9 Å². The number of benzene rings is 3. The number of fused-ring (bicyclic) bond motifs is 1. The van der Waals surface area contributed by atoms with Crippen LogP contribution < -0.4 is 15.4 Å². The molecule has 0 aliphatic carbocycles. The average Bonchev–Trinajstić information content (AvgIpc) is 3.31. The van der Waals surface area contributed by atoms with Gasteiger partial charge in [-0.1, -0.05) is 42.5 Å². The van der Waals surface area contributed by atoms with Crippen molar-refractivity contribution in [3.63, 3.8) is 0 Å². The molecule has 0 saturated heterocycles. The van der Waals surface area contributed by atoms with E-state index in [1.165, 1.54) is 7.11 Å². The first kappa shape index (κ1) is 21.0. The Kier molecular flexibility index (Phi) is 6.36. The lowest BCUT2D eigenvalue weighted by molar-refractivity contribution is 0.0919. The first-order valence-corrected chi connectivity index (χ1v) is 10.0. The molecule has 0 fully saturated rings. The summed E-state index contributed by atoms with van der Waals surface area (Å²) in [5.41, 5.74) is 1.48. The van der Waals surface area contributed by atoms with Crippen molar-refractivity contribution in [2.24, 2.45) is 0 Å². The van der Waals surface area contributed by atoms with E-state index in [4.69, 9.17) is 9.15 Å². The molecular weight excluding hydrogens is 408 g/mol. The highest BCUT2D eigenvalue weighted by molar-refractivity contribution is 5.91. The third-order valence-electron chi connectivity index (χ3n) is 4.83. The molecule has 4 aromatic rings. The van der Waals surface area contributed by atoms with Crippen LogP contribution in [0.5, 0.6) is 5.75 Å². The molecule has 0 spiro atoms. The summed E-state index contributed by atoms with van der Waals surface area (Å²) in [6.07, 6.45) is -0.538. The number of hydrogen-bond acceptors (Lipinski definition) is 5. The lowest BCUT2D eigenvalue weighted by Gasteiger charge is -2.07. The normalized spacial score (nSPS) is 10.5. The van der Waals surface area contributed by atoms with E-state index < -0.39 is 6.09 Å². The van der Waals surface area contributed by atoms with Gasteiger partial charge in [-0.15, -0.1) is 0 Å². The number of methoxy groups -OCH3 is 1. The summed E-state index contributed by atoms with van der Waals surface area (Å²) in [6.45, 7) is 0.543. The number of ether oxygens (including phenoxy) is 2. The zero-order valence-electron chi connectivity index (χ0n) is 17.5. The maximum absolute atomic E-state index is 12.4. The van der Waals surface area contributed by atoms with Crippen molar-refractivity contribution in [1.29, 1.82) is 0 Å². The number of carbonyl (C=O) groups excluding carboxylic acids is 2. The second kappa shape index (κ2) is 9.70. The molecule has 0 saturated carbocycles. The van der Waals surface area contributed by atoms with E-state index in [2.05, 4.69) is 15.4 Å². The van der Waals surface area contributed by atoms with E-state index in [-0.39, 0.29) is 18.3 Å². The van der Waals surface area contributed by atoms with E-state index in [9.17, 15) is 9.59 Å². The van der Waals surface area contributed by atoms with Crippen LogP contribution in [0, 0.1) is 0 Å². The Morgan fingerprint density at radius 2 is 1.69 bits per heavy atom. The summed E-state index contributed by atoms with van der Waals surface area (Å²) in [7, 11) is 1.30. The summed E-state index contributed by atoms with van der Waals surface area (Å²) in [5.74, 6) is 1.18. The first-order chi connectivity index (χ1) is 15.6. The van der Waals surface area contributed by atoms with Crippen molar-refractivity contribution in [1.82, 2.24) is 5.32 Å². The summed E-state index contributed by atoms with van der Waals surface area (Å²) < 4.78 is 16.0.